The van der Waals surface area contributed by atoms with Crippen molar-refractivity contribution in [3.8, 4) is 0 Å². The number of hydrogen-bond acceptors (Lipinski definition) is 8. The molecule has 1 radical (unpaired) electrons. The highest BCUT2D eigenvalue weighted by molar-refractivity contribution is 7.98. The van der Waals surface area contributed by atoms with Crippen molar-refractivity contribution in [1.29, 1.82) is 0 Å². The highest BCUT2D eigenvalue weighted by atomic mass is 32.2. The van der Waals surface area contributed by atoms with Gasteiger partial charge in [0.1, 0.15) is 11.4 Å². The standard InChI is InChI=1S/C14H13N4O4S/c1-2-5-15-10-7-11(23-8-9-4-3-6-21-9)12-13(17-22-16-12)14(10)18(19)20/h3-4,6-7,15H,1-2,5,8H2. The normalized spacial score (nSPS) is 11.0. The summed E-state index contributed by atoms with van der Waals surface area (Å²) in [5.74, 6) is 1.37. The van der Waals surface area contributed by atoms with Gasteiger partial charge in [0, 0.05) is 11.4 Å². The molecule has 2 aromatic heterocycles. The first-order chi connectivity index (χ1) is 11.2. The van der Waals surface area contributed by atoms with Crippen molar-refractivity contribution in [2.75, 3.05) is 11.9 Å². The van der Waals surface area contributed by atoms with E-state index in [2.05, 4.69) is 22.6 Å². The lowest BCUT2D eigenvalue weighted by Gasteiger charge is -2.08. The highest BCUT2D eigenvalue weighted by Gasteiger charge is 2.25. The number of furan rings is 1. The van der Waals surface area contributed by atoms with Gasteiger partial charge in [-0.25, -0.2) is 4.63 Å². The first-order valence-electron chi connectivity index (χ1n) is 6.82. The van der Waals surface area contributed by atoms with Crippen LogP contribution in [0, 0.1) is 17.0 Å². The first-order valence-corrected chi connectivity index (χ1v) is 7.81. The van der Waals surface area contributed by atoms with Crippen molar-refractivity contribution < 1.29 is 14.0 Å². The number of aromatic nitrogens is 2. The zero-order valence-corrected chi connectivity index (χ0v) is 12.8. The number of nitro benzene ring substituents is 1. The largest absolute Gasteiger partial charge is 0.468 e. The number of hydrogen-bond donors (Lipinski definition) is 1. The molecule has 2 heterocycles. The Hall–Kier alpha value is -2.55. The van der Waals surface area contributed by atoms with Gasteiger partial charge < -0.3 is 9.73 Å². The fraction of sp³-hybridized carbons (Fsp3) is 0.214. The van der Waals surface area contributed by atoms with E-state index in [0.29, 0.717) is 29.9 Å². The third-order valence-electron chi connectivity index (χ3n) is 3.10. The maximum atomic E-state index is 11.4. The van der Waals surface area contributed by atoms with Gasteiger partial charge in [0.15, 0.2) is 5.52 Å². The predicted octanol–water partition coefficient (Wildman–Crippen LogP) is 3.65. The molecule has 0 atom stereocenters. The number of fused-ring (bicyclic) bond motifs is 1. The van der Waals surface area contributed by atoms with Gasteiger partial charge >= 0.3 is 5.69 Å². The maximum Gasteiger partial charge on any atom is 0.323 e. The molecular formula is C14H13N4O4S. The number of nitrogens with zero attached hydrogens (tertiary/aromatic N) is 3. The summed E-state index contributed by atoms with van der Waals surface area (Å²) in [4.78, 5) is 11.6. The molecule has 0 unspecified atom stereocenters. The molecule has 0 amide bonds. The van der Waals surface area contributed by atoms with Crippen LogP contribution in [0.25, 0.3) is 11.0 Å². The van der Waals surface area contributed by atoms with E-state index in [4.69, 9.17) is 9.05 Å². The Morgan fingerprint density at radius 2 is 2.22 bits per heavy atom. The lowest BCUT2D eigenvalue weighted by atomic mass is 10.2. The minimum Gasteiger partial charge on any atom is -0.468 e. The summed E-state index contributed by atoms with van der Waals surface area (Å²) in [6, 6.07) is 5.35. The molecule has 0 fully saturated rings. The molecule has 3 aromatic rings. The van der Waals surface area contributed by atoms with Crippen molar-refractivity contribution >= 4 is 34.2 Å². The molecule has 0 spiro atoms. The van der Waals surface area contributed by atoms with Gasteiger partial charge in [0.2, 0.25) is 5.52 Å². The summed E-state index contributed by atoms with van der Waals surface area (Å²) >= 11 is 1.45. The molecule has 1 N–H and O–H groups in total. The van der Waals surface area contributed by atoms with E-state index in [1.165, 1.54) is 11.8 Å². The first kappa shape index (κ1) is 15.3. The molecule has 0 saturated heterocycles. The van der Waals surface area contributed by atoms with Crippen molar-refractivity contribution in [2.45, 2.75) is 17.1 Å². The molecule has 23 heavy (non-hydrogen) atoms. The van der Waals surface area contributed by atoms with Crippen LogP contribution in [0.15, 0.2) is 38.4 Å². The average Bonchev–Trinajstić information content (AvgIpc) is 3.21. The number of nitrogens with one attached hydrogen (secondary N) is 1. The van der Waals surface area contributed by atoms with Crippen LogP contribution in [0.2, 0.25) is 0 Å². The predicted molar refractivity (Wildman–Crippen MR) is 85.2 cm³/mol. The Bertz CT molecular complexity index is 816. The quantitative estimate of drug-likeness (QED) is 0.396. The van der Waals surface area contributed by atoms with E-state index in [1.54, 1.807) is 18.4 Å². The topological polar surface area (TPSA) is 107 Å². The number of benzene rings is 1. The van der Waals surface area contributed by atoms with Crippen LogP contribution in [-0.2, 0) is 5.75 Å². The molecule has 9 heteroatoms. The van der Waals surface area contributed by atoms with E-state index in [9.17, 15) is 10.1 Å². The van der Waals surface area contributed by atoms with Gasteiger partial charge in [-0.2, -0.15) is 0 Å². The second kappa shape index (κ2) is 6.69. The van der Waals surface area contributed by atoms with Crippen LogP contribution < -0.4 is 5.32 Å². The minimum absolute atomic E-state index is 0.131. The Morgan fingerprint density at radius 1 is 1.39 bits per heavy atom. The van der Waals surface area contributed by atoms with E-state index in [-0.39, 0.29) is 11.2 Å². The summed E-state index contributed by atoms with van der Waals surface area (Å²) in [5, 5.41) is 21.9. The number of rotatable bonds is 7. The third kappa shape index (κ3) is 3.14. The Balaban J connectivity index is 2.01. The molecular weight excluding hydrogens is 320 g/mol. The molecule has 3 rings (SSSR count). The second-order valence-electron chi connectivity index (χ2n) is 4.64. The zero-order chi connectivity index (χ0) is 16.2. The monoisotopic (exact) mass is 333 g/mol. The van der Waals surface area contributed by atoms with Gasteiger partial charge in [-0.1, -0.05) is 6.92 Å². The summed E-state index contributed by atoms with van der Waals surface area (Å²) in [6.45, 7) is 4.24. The fourth-order valence-electron chi connectivity index (χ4n) is 2.10. The Kier molecular flexibility index (Phi) is 4.47. The minimum atomic E-state index is -0.487. The maximum absolute atomic E-state index is 11.4. The molecule has 0 aliphatic heterocycles. The van der Waals surface area contributed by atoms with Gasteiger partial charge in [-0.3, -0.25) is 10.1 Å². The molecule has 0 bridgehead atoms. The molecule has 8 nitrogen and oxygen atoms in total. The van der Waals surface area contributed by atoms with Gasteiger partial charge in [0.25, 0.3) is 0 Å². The van der Waals surface area contributed by atoms with E-state index in [1.807, 2.05) is 6.07 Å². The van der Waals surface area contributed by atoms with Crippen LogP contribution in [0.1, 0.15) is 12.2 Å². The van der Waals surface area contributed by atoms with Crippen molar-refractivity contribution in [2.24, 2.45) is 0 Å². The Morgan fingerprint density at radius 3 is 2.91 bits per heavy atom. The highest BCUT2D eigenvalue weighted by Crippen LogP contribution is 2.39. The molecule has 1 aromatic carbocycles. The second-order valence-corrected chi connectivity index (χ2v) is 5.65. The van der Waals surface area contributed by atoms with Crippen LogP contribution in [0.4, 0.5) is 11.4 Å². The fourth-order valence-corrected chi connectivity index (χ4v) is 3.03. The van der Waals surface area contributed by atoms with E-state index >= 15 is 0 Å². The van der Waals surface area contributed by atoms with Crippen LogP contribution in [-0.4, -0.2) is 21.8 Å². The van der Waals surface area contributed by atoms with Crippen molar-refractivity contribution in [3.63, 3.8) is 0 Å². The number of thioether (sulfide) groups is 1. The van der Waals surface area contributed by atoms with Crippen molar-refractivity contribution in [1.82, 2.24) is 10.3 Å². The summed E-state index contributed by atoms with van der Waals surface area (Å²) in [5.41, 5.74) is 0.736. The third-order valence-corrected chi connectivity index (χ3v) is 4.15. The molecule has 0 saturated carbocycles. The van der Waals surface area contributed by atoms with E-state index in [0.717, 1.165) is 10.7 Å². The van der Waals surface area contributed by atoms with Gasteiger partial charge in [0.05, 0.1) is 16.9 Å². The van der Waals surface area contributed by atoms with Crippen LogP contribution in [0.3, 0.4) is 0 Å². The summed E-state index contributed by atoms with van der Waals surface area (Å²) in [7, 11) is 0. The number of anilines is 1. The molecule has 119 valence electrons. The summed E-state index contributed by atoms with van der Waals surface area (Å²) in [6.07, 6.45) is 2.20. The smallest absolute Gasteiger partial charge is 0.323 e. The van der Waals surface area contributed by atoms with Crippen LogP contribution >= 0.6 is 11.8 Å². The Labute approximate surface area is 135 Å². The number of nitro groups is 1. The molecule has 0 aliphatic carbocycles. The average molecular weight is 333 g/mol. The SMILES string of the molecule is [CH2]CCNc1cc(SCc2ccco2)c2nonc2c1[N+](=O)[O-]. The lowest BCUT2D eigenvalue weighted by Crippen LogP contribution is -2.04. The van der Waals surface area contributed by atoms with Crippen LogP contribution in [0.5, 0.6) is 0 Å². The van der Waals surface area contributed by atoms with Crippen molar-refractivity contribution in [3.05, 3.63) is 47.3 Å². The molecule has 0 aliphatic rings. The van der Waals surface area contributed by atoms with E-state index < -0.39 is 4.92 Å². The zero-order valence-electron chi connectivity index (χ0n) is 12.0. The summed E-state index contributed by atoms with van der Waals surface area (Å²) < 4.78 is 10.0. The lowest BCUT2D eigenvalue weighted by molar-refractivity contribution is -0.382. The van der Waals surface area contributed by atoms with Gasteiger partial charge in [-0.05, 0) is 34.9 Å². The van der Waals surface area contributed by atoms with Gasteiger partial charge in [-0.15, -0.1) is 11.8 Å².